The van der Waals surface area contributed by atoms with E-state index in [1.807, 2.05) is 18.2 Å². The second-order valence-corrected chi connectivity index (χ2v) is 6.21. The minimum Gasteiger partial charge on any atom is -0.456 e. The van der Waals surface area contributed by atoms with Gasteiger partial charge < -0.3 is 4.74 Å². The molecule has 0 saturated heterocycles. The van der Waals surface area contributed by atoms with Crippen LogP contribution < -0.4 is 4.74 Å². The normalized spacial score (nSPS) is 11.4. The van der Waals surface area contributed by atoms with Crippen molar-refractivity contribution in [2.24, 2.45) is 0 Å². The molecular weight excluding hydrogens is 279 g/mol. The van der Waals surface area contributed by atoms with Crippen molar-refractivity contribution in [3.05, 3.63) is 58.1 Å². The molecule has 0 aliphatic carbocycles. The summed E-state index contributed by atoms with van der Waals surface area (Å²) in [7, 11) is 0. The zero-order valence-corrected chi connectivity index (χ0v) is 12.7. The van der Waals surface area contributed by atoms with Crippen molar-refractivity contribution in [3.63, 3.8) is 0 Å². The summed E-state index contributed by atoms with van der Waals surface area (Å²) in [5.74, 6) is 1.31. The Bertz CT molecular complexity index is 568. The van der Waals surface area contributed by atoms with Crippen molar-refractivity contribution in [2.45, 2.75) is 26.2 Å². The molecule has 0 N–H and O–H groups in total. The van der Waals surface area contributed by atoms with Crippen LogP contribution in [0.5, 0.6) is 11.5 Å². The SMILES string of the molecule is CC(C)(C)c1ccc(Oc2cccc(Cl)c2Cl)cc1. The molecule has 0 unspecified atom stereocenters. The number of halogens is 2. The van der Waals surface area contributed by atoms with Crippen LogP contribution in [0.2, 0.25) is 10.0 Å². The molecule has 0 atom stereocenters. The molecule has 2 aromatic carbocycles. The molecule has 0 fully saturated rings. The standard InChI is InChI=1S/C16H16Cl2O/c1-16(2,3)11-7-9-12(10-8-11)19-14-6-4-5-13(17)15(14)18/h4-10H,1-3H3. The van der Waals surface area contributed by atoms with Gasteiger partial charge in [0.25, 0.3) is 0 Å². The van der Waals surface area contributed by atoms with E-state index < -0.39 is 0 Å². The molecule has 3 heteroatoms. The molecule has 0 aliphatic heterocycles. The van der Waals surface area contributed by atoms with E-state index in [-0.39, 0.29) is 5.41 Å². The minimum absolute atomic E-state index is 0.131. The molecule has 0 heterocycles. The highest BCUT2D eigenvalue weighted by Gasteiger charge is 2.13. The zero-order valence-electron chi connectivity index (χ0n) is 11.2. The first kappa shape index (κ1) is 14.2. The Labute approximate surface area is 124 Å². The van der Waals surface area contributed by atoms with Gasteiger partial charge in [-0.05, 0) is 35.2 Å². The van der Waals surface area contributed by atoms with Crippen LogP contribution in [0.15, 0.2) is 42.5 Å². The summed E-state index contributed by atoms with van der Waals surface area (Å²) in [5, 5.41) is 0.926. The third-order valence-electron chi connectivity index (χ3n) is 2.86. The number of hydrogen-bond acceptors (Lipinski definition) is 1. The average Bonchev–Trinajstić information content (AvgIpc) is 2.35. The Morgan fingerprint density at radius 3 is 2.11 bits per heavy atom. The van der Waals surface area contributed by atoms with Crippen LogP contribution in [0, 0.1) is 0 Å². The molecule has 0 saturated carbocycles. The Balaban J connectivity index is 2.23. The van der Waals surface area contributed by atoms with Gasteiger partial charge >= 0.3 is 0 Å². The van der Waals surface area contributed by atoms with Crippen molar-refractivity contribution >= 4 is 23.2 Å². The number of hydrogen-bond donors (Lipinski definition) is 0. The van der Waals surface area contributed by atoms with E-state index in [1.54, 1.807) is 12.1 Å². The van der Waals surface area contributed by atoms with Crippen LogP contribution in [-0.4, -0.2) is 0 Å². The first-order valence-electron chi connectivity index (χ1n) is 6.10. The molecule has 1 nitrogen and oxygen atoms in total. The van der Waals surface area contributed by atoms with E-state index in [0.717, 1.165) is 5.75 Å². The minimum atomic E-state index is 0.131. The lowest BCUT2D eigenvalue weighted by molar-refractivity contribution is 0.481. The van der Waals surface area contributed by atoms with Crippen LogP contribution in [0.1, 0.15) is 26.3 Å². The Hall–Kier alpha value is -1.18. The summed E-state index contributed by atoms with van der Waals surface area (Å²) >= 11 is 12.0. The van der Waals surface area contributed by atoms with E-state index in [9.17, 15) is 0 Å². The molecule has 0 bridgehead atoms. The second kappa shape index (κ2) is 5.44. The van der Waals surface area contributed by atoms with Gasteiger partial charge in [-0.2, -0.15) is 0 Å². The maximum Gasteiger partial charge on any atom is 0.147 e. The molecule has 0 aromatic heterocycles. The van der Waals surface area contributed by atoms with Crippen molar-refractivity contribution in [3.8, 4) is 11.5 Å². The highest BCUT2D eigenvalue weighted by Crippen LogP contribution is 2.35. The van der Waals surface area contributed by atoms with Crippen LogP contribution in [-0.2, 0) is 5.41 Å². The number of benzene rings is 2. The monoisotopic (exact) mass is 294 g/mol. The fourth-order valence-corrected chi connectivity index (χ4v) is 2.04. The number of rotatable bonds is 2. The van der Waals surface area contributed by atoms with Gasteiger partial charge in [0.05, 0.1) is 5.02 Å². The predicted octanol–water partition coefficient (Wildman–Crippen LogP) is 6.08. The summed E-state index contributed by atoms with van der Waals surface area (Å²) < 4.78 is 5.74. The van der Waals surface area contributed by atoms with Crippen molar-refractivity contribution in [1.29, 1.82) is 0 Å². The Kier molecular flexibility index (Phi) is 4.07. The van der Waals surface area contributed by atoms with Crippen LogP contribution in [0.3, 0.4) is 0 Å². The molecule has 2 aromatic rings. The molecule has 100 valence electrons. The van der Waals surface area contributed by atoms with Crippen LogP contribution in [0.25, 0.3) is 0 Å². The quantitative estimate of drug-likeness (QED) is 0.652. The maximum absolute atomic E-state index is 6.09. The van der Waals surface area contributed by atoms with Crippen LogP contribution >= 0.6 is 23.2 Å². The lowest BCUT2D eigenvalue weighted by atomic mass is 9.87. The van der Waals surface area contributed by atoms with Gasteiger partial charge in [0, 0.05) is 0 Å². The Morgan fingerprint density at radius 1 is 0.895 bits per heavy atom. The smallest absolute Gasteiger partial charge is 0.147 e. The first-order valence-corrected chi connectivity index (χ1v) is 6.86. The van der Waals surface area contributed by atoms with E-state index >= 15 is 0 Å². The van der Waals surface area contributed by atoms with Gasteiger partial charge in [-0.25, -0.2) is 0 Å². The van der Waals surface area contributed by atoms with Gasteiger partial charge in [-0.15, -0.1) is 0 Å². The topological polar surface area (TPSA) is 9.23 Å². The summed E-state index contributed by atoms with van der Waals surface area (Å²) in [5.41, 5.74) is 1.39. The fraction of sp³-hybridized carbons (Fsp3) is 0.250. The lowest BCUT2D eigenvalue weighted by Gasteiger charge is -2.19. The van der Waals surface area contributed by atoms with Crippen molar-refractivity contribution in [2.75, 3.05) is 0 Å². The molecule has 0 aliphatic rings. The van der Waals surface area contributed by atoms with Gasteiger partial charge in [0.1, 0.15) is 16.5 Å². The summed E-state index contributed by atoms with van der Waals surface area (Å²) in [4.78, 5) is 0. The maximum atomic E-state index is 6.09. The largest absolute Gasteiger partial charge is 0.456 e. The van der Waals surface area contributed by atoms with Crippen molar-refractivity contribution < 1.29 is 4.74 Å². The second-order valence-electron chi connectivity index (χ2n) is 5.43. The van der Waals surface area contributed by atoms with Crippen molar-refractivity contribution in [1.82, 2.24) is 0 Å². The van der Waals surface area contributed by atoms with E-state index in [0.29, 0.717) is 15.8 Å². The van der Waals surface area contributed by atoms with Gasteiger partial charge in [-0.3, -0.25) is 0 Å². The van der Waals surface area contributed by atoms with Gasteiger partial charge in [0.2, 0.25) is 0 Å². The van der Waals surface area contributed by atoms with E-state index in [4.69, 9.17) is 27.9 Å². The van der Waals surface area contributed by atoms with Gasteiger partial charge in [0.15, 0.2) is 0 Å². The van der Waals surface area contributed by atoms with E-state index in [1.165, 1.54) is 5.56 Å². The molecular formula is C16H16Cl2O. The molecule has 2 rings (SSSR count). The molecule has 0 amide bonds. The highest BCUT2D eigenvalue weighted by atomic mass is 35.5. The summed E-state index contributed by atoms with van der Waals surface area (Å²) in [6, 6.07) is 13.4. The Morgan fingerprint density at radius 2 is 1.53 bits per heavy atom. The average molecular weight is 295 g/mol. The third kappa shape index (κ3) is 3.43. The predicted molar refractivity (Wildman–Crippen MR) is 81.7 cm³/mol. The first-order chi connectivity index (χ1) is 8.88. The fourth-order valence-electron chi connectivity index (χ4n) is 1.71. The zero-order chi connectivity index (χ0) is 14.0. The molecule has 0 spiro atoms. The van der Waals surface area contributed by atoms with Crippen LogP contribution in [0.4, 0.5) is 0 Å². The third-order valence-corrected chi connectivity index (χ3v) is 3.67. The van der Waals surface area contributed by atoms with Gasteiger partial charge in [-0.1, -0.05) is 62.2 Å². The lowest BCUT2D eigenvalue weighted by Crippen LogP contribution is -2.10. The summed E-state index contributed by atoms with van der Waals surface area (Å²) in [6.07, 6.45) is 0. The van der Waals surface area contributed by atoms with E-state index in [2.05, 4.69) is 32.9 Å². The summed E-state index contributed by atoms with van der Waals surface area (Å²) in [6.45, 7) is 6.53. The highest BCUT2D eigenvalue weighted by molar-refractivity contribution is 6.42. The molecule has 0 radical (unpaired) electrons. The molecule has 19 heavy (non-hydrogen) atoms. The number of ether oxygens (including phenoxy) is 1.